The third-order valence-corrected chi connectivity index (χ3v) is 4.81. The Balaban J connectivity index is 1.54. The Morgan fingerprint density at radius 3 is 1.77 bits per heavy atom. The lowest BCUT2D eigenvalue weighted by molar-refractivity contribution is 0.108. The van der Waals surface area contributed by atoms with E-state index in [0.29, 0.717) is 24.3 Å². The van der Waals surface area contributed by atoms with Crippen LogP contribution in [0.3, 0.4) is 0 Å². The summed E-state index contributed by atoms with van der Waals surface area (Å²) in [5.74, 6) is 1.78. The highest BCUT2D eigenvalue weighted by Gasteiger charge is 2.26. The van der Waals surface area contributed by atoms with E-state index >= 15 is 0 Å². The van der Waals surface area contributed by atoms with Gasteiger partial charge in [-0.05, 0) is 38.5 Å². The van der Waals surface area contributed by atoms with Crippen LogP contribution in [-0.4, -0.2) is 48.5 Å². The van der Waals surface area contributed by atoms with Crippen molar-refractivity contribution in [3.05, 3.63) is 12.4 Å². The molecule has 6 heteroatoms. The fourth-order valence-corrected chi connectivity index (χ4v) is 3.50. The van der Waals surface area contributed by atoms with Crippen molar-refractivity contribution in [1.82, 2.24) is 9.97 Å². The van der Waals surface area contributed by atoms with E-state index < -0.39 is 0 Å². The number of nitrogens with zero attached hydrogens (tertiary/aromatic N) is 2. The number of hydrogen-bond acceptors (Lipinski definition) is 6. The molecule has 0 radical (unpaired) electrons. The average molecular weight is 306 g/mol. The van der Waals surface area contributed by atoms with E-state index in [9.17, 15) is 0 Å². The van der Waals surface area contributed by atoms with Gasteiger partial charge in [-0.25, -0.2) is 9.97 Å². The summed E-state index contributed by atoms with van der Waals surface area (Å²) in [5, 5.41) is 6.99. The maximum Gasteiger partial charge on any atom is 0.131 e. The Labute approximate surface area is 132 Å². The molecule has 1 heterocycles. The molecule has 3 rings (SSSR count). The summed E-state index contributed by atoms with van der Waals surface area (Å²) < 4.78 is 10.8. The van der Waals surface area contributed by atoms with Crippen molar-refractivity contribution in [3.8, 4) is 0 Å². The smallest absolute Gasteiger partial charge is 0.131 e. The molecule has 1 aromatic heterocycles. The normalized spacial score (nSPS) is 31.4. The highest BCUT2D eigenvalue weighted by molar-refractivity contribution is 5.47. The van der Waals surface area contributed by atoms with Crippen LogP contribution in [0.25, 0.3) is 0 Å². The van der Waals surface area contributed by atoms with E-state index in [1.807, 2.05) is 6.07 Å². The van der Waals surface area contributed by atoms with Gasteiger partial charge in [0, 0.05) is 32.4 Å². The van der Waals surface area contributed by atoms with Crippen LogP contribution in [0.15, 0.2) is 12.4 Å². The molecule has 0 bridgehead atoms. The molecule has 2 N–H and O–H groups in total. The molecule has 2 aliphatic rings. The first-order valence-corrected chi connectivity index (χ1v) is 8.17. The Hall–Kier alpha value is -1.40. The van der Waals surface area contributed by atoms with Gasteiger partial charge in [0.05, 0.1) is 12.2 Å². The van der Waals surface area contributed by atoms with Crippen molar-refractivity contribution in [2.24, 2.45) is 0 Å². The summed E-state index contributed by atoms with van der Waals surface area (Å²) in [7, 11) is 3.57. The van der Waals surface area contributed by atoms with Crippen LogP contribution in [0.1, 0.15) is 38.5 Å². The number of anilines is 2. The zero-order chi connectivity index (χ0) is 15.4. The van der Waals surface area contributed by atoms with Crippen LogP contribution in [-0.2, 0) is 9.47 Å². The Kier molecular flexibility index (Phi) is 5.10. The molecular formula is C16H26N4O2. The molecule has 1 aromatic rings. The lowest BCUT2D eigenvalue weighted by Gasteiger charge is -2.16. The fourth-order valence-electron chi connectivity index (χ4n) is 3.50. The van der Waals surface area contributed by atoms with Gasteiger partial charge < -0.3 is 20.1 Å². The molecular weight excluding hydrogens is 280 g/mol. The van der Waals surface area contributed by atoms with Gasteiger partial charge in [-0.15, -0.1) is 0 Å². The van der Waals surface area contributed by atoms with Crippen molar-refractivity contribution in [2.45, 2.75) is 62.8 Å². The van der Waals surface area contributed by atoms with Crippen LogP contribution in [0.4, 0.5) is 11.6 Å². The van der Waals surface area contributed by atoms with E-state index in [2.05, 4.69) is 20.6 Å². The number of rotatable bonds is 6. The third-order valence-electron chi connectivity index (χ3n) is 4.81. The predicted molar refractivity (Wildman–Crippen MR) is 86.1 cm³/mol. The maximum absolute atomic E-state index is 5.42. The fraction of sp³-hybridized carbons (Fsp3) is 0.750. The molecule has 0 spiro atoms. The standard InChI is InChI=1S/C16H26N4O2/c1-21-13-5-3-11(7-13)19-15-9-16(18-10-17-15)20-12-4-6-14(8-12)22-2/h9-14H,3-8H2,1-2H3,(H2,17,18,19,20). The highest BCUT2D eigenvalue weighted by atomic mass is 16.5. The summed E-state index contributed by atoms with van der Waals surface area (Å²) in [6.07, 6.45) is 8.95. The summed E-state index contributed by atoms with van der Waals surface area (Å²) in [6.45, 7) is 0. The number of nitrogens with one attached hydrogen (secondary N) is 2. The molecule has 4 unspecified atom stereocenters. The first-order valence-electron chi connectivity index (χ1n) is 8.17. The van der Waals surface area contributed by atoms with Gasteiger partial charge in [0.15, 0.2) is 0 Å². The van der Waals surface area contributed by atoms with Crippen LogP contribution < -0.4 is 10.6 Å². The molecule has 0 aliphatic heterocycles. The summed E-state index contributed by atoms with van der Waals surface area (Å²) in [5.41, 5.74) is 0. The third kappa shape index (κ3) is 3.87. The second-order valence-electron chi connectivity index (χ2n) is 6.31. The maximum atomic E-state index is 5.42. The first kappa shape index (κ1) is 15.5. The molecule has 2 aliphatic carbocycles. The van der Waals surface area contributed by atoms with Crippen molar-refractivity contribution >= 4 is 11.6 Å². The van der Waals surface area contributed by atoms with E-state index in [4.69, 9.17) is 9.47 Å². The Bertz CT molecular complexity index is 446. The molecule has 0 amide bonds. The van der Waals surface area contributed by atoms with Gasteiger partial charge in [-0.3, -0.25) is 0 Å². The van der Waals surface area contributed by atoms with Gasteiger partial charge in [0.25, 0.3) is 0 Å². The van der Waals surface area contributed by atoms with Crippen LogP contribution in [0.2, 0.25) is 0 Å². The monoisotopic (exact) mass is 306 g/mol. The van der Waals surface area contributed by atoms with E-state index in [1.54, 1.807) is 20.5 Å². The minimum absolute atomic E-state index is 0.376. The topological polar surface area (TPSA) is 68.3 Å². The Morgan fingerprint density at radius 2 is 1.36 bits per heavy atom. The van der Waals surface area contributed by atoms with Crippen molar-refractivity contribution < 1.29 is 9.47 Å². The van der Waals surface area contributed by atoms with Crippen LogP contribution in [0, 0.1) is 0 Å². The molecule has 4 atom stereocenters. The number of ether oxygens (including phenoxy) is 2. The SMILES string of the molecule is COC1CCC(Nc2cc(NC3CCC(OC)C3)ncn2)C1. The van der Waals surface area contributed by atoms with Gasteiger partial charge in [0.2, 0.25) is 0 Å². The highest BCUT2D eigenvalue weighted by Crippen LogP contribution is 2.26. The minimum atomic E-state index is 0.376. The van der Waals surface area contributed by atoms with Crippen molar-refractivity contribution in [3.63, 3.8) is 0 Å². The lowest BCUT2D eigenvalue weighted by atomic mass is 10.2. The van der Waals surface area contributed by atoms with Gasteiger partial charge in [0.1, 0.15) is 18.0 Å². The van der Waals surface area contributed by atoms with Crippen LogP contribution >= 0.6 is 0 Å². The number of methoxy groups -OCH3 is 2. The van der Waals surface area contributed by atoms with E-state index in [-0.39, 0.29) is 0 Å². The lowest BCUT2D eigenvalue weighted by Crippen LogP contribution is -2.20. The van der Waals surface area contributed by atoms with Crippen molar-refractivity contribution in [2.75, 3.05) is 24.9 Å². The number of aromatic nitrogens is 2. The molecule has 122 valence electrons. The zero-order valence-electron chi connectivity index (χ0n) is 13.4. The van der Waals surface area contributed by atoms with E-state index in [1.165, 1.54) is 0 Å². The Morgan fingerprint density at radius 1 is 0.864 bits per heavy atom. The summed E-state index contributed by atoms with van der Waals surface area (Å²) in [4.78, 5) is 8.66. The second kappa shape index (κ2) is 7.24. The largest absolute Gasteiger partial charge is 0.381 e. The van der Waals surface area contributed by atoms with Crippen molar-refractivity contribution in [1.29, 1.82) is 0 Å². The van der Waals surface area contributed by atoms with Crippen LogP contribution in [0.5, 0.6) is 0 Å². The molecule has 6 nitrogen and oxygen atoms in total. The second-order valence-corrected chi connectivity index (χ2v) is 6.31. The number of hydrogen-bond donors (Lipinski definition) is 2. The summed E-state index contributed by atoms with van der Waals surface area (Å²) in [6, 6.07) is 2.88. The average Bonchev–Trinajstić information content (AvgIpc) is 3.16. The van der Waals surface area contributed by atoms with Gasteiger partial charge in [-0.1, -0.05) is 0 Å². The quantitative estimate of drug-likeness (QED) is 0.841. The molecule has 2 saturated carbocycles. The first-order chi connectivity index (χ1) is 10.8. The molecule has 0 saturated heterocycles. The summed E-state index contributed by atoms with van der Waals surface area (Å²) >= 11 is 0. The van der Waals surface area contributed by atoms with Gasteiger partial charge in [-0.2, -0.15) is 0 Å². The minimum Gasteiger partial charge on any atom is -0.381 e. The molecule has 2 fully saturated rings. The van der Waals surface area contributed by atoms with Gasteiger partial charge >= 0.3 is 0 Å². The molecule has 0 aromatic carbocycles. The van der Waals surface area contributed by atoms with E-state index in [0.717, 1.165) is 50.2 Å². The molecule has 22 heavy (non-hydrogen) atoms. The predicted octanol–water partition coefficient (Wildman–Crippen LogP) is 2.44. The zero-order valence-corrected chi connectivity index (χ0v) is 13.4.